The molecule has 1 aliphatic heterocycles. The highest BCUT2D eigenvalue weighted by atomic mass is 16.2. The first kappa shape index (κ1) is 16.5. The van der Waals surface area contributed by atoms with Crippen LogP contribution in [0.4, 0.5) is 5.69 Å². The van der Waals surface area contributed by atoms with Crippen molar-refractivity contribution in [2.45, 2.75) is 33.2 Å². The summed E-state index contributed by atoms with van der Waals surface area (Å²) < 4.78 is 0. The molecule has 1 saturated heterocycles. The van der Waals surface area contributed by atoms with E-state index in [1.54, 1.807) is 11.8 Å². The van der Waals surface area contributed by atoms with Crippen LogP contribution < -0.4 is 10.6 Å². The highest BCUT2D eigenvalue weighted by Crippen LogP contribution is 2.20. The Kier molecular flexibility index (Phi) is 5.95. The largest absolute Gasteiger partial charge is 0.339 e. The van der Waals surface area contributed by atoms with Gasteiger partial charge in [0, 0.05) is 32.2 Å². The van der Waals surface area contributed by atoms with Crippen LogP contribution in [0, 0.1) is 5.92 Å². The van der Waals surface area contributed by atoms with Gasteiger partial charge in [0.1, 0.15) is 0 Å². The van der Waals surface area contributed by atoms with Crippen molar-refractivity contribution < 1.29 is 9.59 Å². The number of carbonyl (C=O) groups excluding carboxylic acids is 2. The van der Waals surface area contributed by atoms with E-state index in [4.69, 9.17) is 0 Å². The van der Waals surface area contributed by atoms with E-state index in [0.717, 1.165) is 37.2 Å². The smallest absolute Gasteiger partial charge is 0.228 e. The molecule has 0 spiro atoms. The van der Waals surface area contributed by atoms with Gasteiger partial charge in [0.2, 0.25) is 11.8 Å². The van der Waals surface area contributed by atoms with E-state index in [1.165, 1.54) is 0 Å². The van der Waals surface area contributed by atoms with Gasteiger partial charge >= 0.3 is 0 Å². The molecule has 0 saturated carbocycles. The number of rotatable bonds is 5. The number of hydrogen-bond donors (Lipinski definition) is 2. The normalized spacial score (nSPS) is 17.8. The standard InChI is InChI=1S/C17H25N3O2/c1-3-20(13(2)21)12-15-7-4-5-9-16(15)19-17(22)14-8-6-10-18-11-14/h4-5,7,9,14,18H,3,6,8,10-12H2,1-2H3,(H,19,22)/t14-/m1/s1. The van der Waals surface area contributed by atoms with Gasteiger partial charge in [0.05, 0.1) is 5.92 Å². The lowest BCUT2D eigenvalue weighted by Gasteiger charge is -2.24. The number of benzene rings is 1. The SMILES string of the molecule is CCN(Cc1ccccc1NC(=O)[C@@H]1CCCNC1)C(C)=O. The minimum atomic E-state index is 0.0249. The van der Waals surface area contributed by atoms with Crippen molar-refractivity contribution in [2.24, 2.45) is 5.92 Å². The Morgan fingerprint density at radius 1 is 1.36 bits per heavy atom. The number of para-hydroxylation sites is 1. The molecular formula is C17H25N3O2. The van der Waals surface area contributed by atoms with Crippen molar-refractivity contribution in [3.63, 3.8) is 0 Å². The second kappa shape index (κ2) is 7.94. The van der Waals surface area contributed by atoms with Gasteiger partial charge in [0.25, 0.3) is 0 Å². The van der Waals surface area contributed by atoms with Gasteiger partial charge in [0.15, 0.2) is 0 Å². The Morgan fingerprint density at radius 2 is 2.14 bits per heavy atom. The number of hydrogen-bond acceptors (Lipinski definition) is 3. The summed E-state index contributed by atoms with van der Waals surface area (Å²) in [6.07, 6.45) is 1.96. The molecule has 0 radical (unpaired) electrons. The van der Waals surface area contributed by atoms with E-state index in [0.29, 0.717) is 13.1 Å². The predicted molar refractivity (Wildman–Crippen MR) is 87.4 cm³/mol. The molecule has 0 aliphatic carbocycles. The Bertz CT molecular complexity index is 524. The summed E-state index contributed by atoms with van der Waals surface area (Å²) in [5, 5.41) is 6.29. The molecular weight excluding hydrogens is 278 g/mol. The van der Waals surface area contributed by atoms with Gasteiger partial charge in [-0.3, -0.25) is 9.59 Å². The molecule has 2 rings (SSSR count). The van der Waals surface area contributed by atoms with Crippen LogP contribution >= 0.6 is 0 Å². The Hall–Kier alpha value is -1.88. The molecule has 1 aliphatic rings. The van der Waals surface area contributed by atoms with E-state index in [1.807, 2.05) is 31.2 Å². The molecule has 1 aromatic rings. The van der Waals surface area contributed by atoms with Crippen molar-refractivity contribution in [3.05, 3.63) is 29.8 Å². The van der Waals surface area contributed by atoms with Crippen LogP contribution in [-0.4, -0.2) is 36.3 Å². The van der Waals surface area contributed by atoms with Crippen molar-refractivity contribution >= 4 is 17.5 Å². The van der Waals surface area contributed by atoms with E-state index >= 15 is 0 Å². The fourth-order valence-electron chi connectivity index (χ4n) is 2.74. The predicted octanol–water partition coefficient (Wildman–Crippen LogP) is 1.99. The van der Waals surface area contributed by atoms with Crippen LogP contribution in [0.5, 0.6) is 0 Å². The molecule has 120 valence electrons. The third-order valence-electron chi connectivity index (χ3n) is 4.13. The molecule has 5 heteroatoms. The first-order valence-corrected chi connectivity index (χ1v) is 7.96. The average Bonchev–Trinajstić information content (AvgIpc) is 2.54. The topological polar surface area (TPSA) is 61.4 Å². The van der Waals surface area contributed by atoms with Crippen LogP contribution in [0.2, 0.25) is 0 Å². The van der Waals surface area contributed by atoms with Gasteiger partial charge in [-0.2, -0.15) is 0 Å². The molecule has 2 amide bonds. The second-order valence-corrected chi connectivity index (χ2v) is 5.72. The van der Waals surface area contributed by atoms with Crippen molar-refractivity contribution in [2.75, 3.05) is 25.0 Å². The molecule has 22 heavy (non-hydrogen) atoms. The number of nitrogens with zero attached hydrogens (tertiary/aromatic N) is 1. The molecule has 1 atom stereocenters. The van der Waals surface area contributed by atoms with Crippen molar-refractivity contribution in [1.29, 1.82) is 0 Å². The van der Waals surface area contributed by atoms with Crippen LogP contribution in [0.3, 0.4) is 0 Å². The molecule has 1 fully saturated rings. The molecule has 1 aromatic carbocycles. The number of anilines is 1. The summed E-state index contributed by atoms with van der Waals surface area (Å²) in [5.41, 5.74) is 1.77. The summed E-state index contributed by atoms with van der Waals surface area (Å²) in [4.78, 5) is 25.7. The fraction of sp³-hybridized carbons (Fsp3) is 0.529. The summed E-state index contributed by atoms with van der Waals surface area (Å²) in [5.74, 6) is 0.127. The van der Waals surface area contributed by atoms with Gasteiger partial charge in [-0.15, -0.1) is 0 Å². The molecule has 1 heterocycles. The maximum atomic E-state index is 12.4. The minimum Gasteiger partial charge on any atom is -0.339 e. The highest BCUT2D eigenvalue weighted by Gasteiger charge is 2.21. The molecule has 2 N–H and O–H groups in total. The Balaban J connectivity index is 2.07. The van der Waals surface area contributed by atoms with Crippen LogP contribution in [0.25, 0.3) is 0 Å². The quantitative estimate of drug-likeness (QED) is 0.874. The van der Waals surface area contributed by atoms with Gasteiger partial charge in [-0.05, 0) is 37.9 Å². The molecule has 0 unspecified atom stereocenters. The Labute approximate surface area is 132 Å². The lowest BCUT2D eigenvalue weighted by Crippen LogP contribution is -2.37. The number of piperidine rings is 1. The van der Waals surface area contributed by atoms with E-state index in [2.05, 4.69) is 10.6 Å². The summed E-state index contributed by atoms with van der Waals surface area (Å²) >= 11 is 0. The summed E-state index contributed by atoms with van der Waals surface area (Å²) in [6.45, 7) is 6.43. The van der Waals surface area contributed by atoms with Crippen LogP contribution in [0.15, 0.2) is 24.3 Å². The maximum Gasteiger partial charge on any atom is 0.228 e. The number of carbonyl (C=O) groups is 2. The molecule has 0 bridgehead atoms. The monoisotopic (exact) mass is 303 g/mol. The van der Waals surface area contributed by atoms with E-state index in [-0.39, 0.29) is 17.7 Å². The van der Waals surface area contributed by atoms with Crippen LogP contribution in [-0.2, 0) is 16.1 Å². The minimum absolute atomic E-state index is 0.0249. The van der Waals surface area contributed by atoms with E-state index in [9.17, 15) is 9.59 Å². The van der Waals surface area contributed by atoms with E-state index < -0.39 is 0 Å². The maximum absolute atomic E-state index is 12.4. The zero-order valence-corrected chi connectivity index (χ0v) is 13.4. The first-order valence-electron chi connectivity index (χ1n) is 7.96. The van der Waals surface area contributed by atoms with Crippen molar-refractivity contribution in [1.82, 2.24) is 10.2 Å². The summed E-state index contributed by atoms with van der Waals surface area (Å²) in [6, 6.07) is 7.70. The zero-order valence-electron chi connectivity index (χ0n) is 13.4. The second-order valence-electron chi connectivity index (χ2n) is 5.72. The van der Waals surface area contributed by atoms with Gasteiger partial charge in [-0.1, -0.05) is 18.2 Å². The third kappa shape index (κ3) is 4.31. The van der Waals surface area contributed by atoms with Crippen molar-refractivity contribution in [3.8, 4) is 0 Å². The van der Waals surface area contributed by atoms with Crippen LogP contribution in [0.1, 0.15) is 32.3 Å². The number of nitrogens with one attached hydrogen (secondary N) is 2. The lowest BCUT2D eigenvalue weighted by molar-refractivity contribution is -0.129. The lowest BCUT2D eigenvalue weighted by atomic mass is 9.98. The fourth-order valence-corrected chi connectivity index (χ4v) is 2.74. The third-order valence-corrected chi connectivity index (χ3v) is 4.13. The number of amides is 2. The first-order chi connectivity index (χ1) is 10.6. The van der Waals surface area contributed by atoms with Gasteiger partial charge in [-0.25, -0.2) is 0 Å². The highest BCUT2D eigenvalue weighted by molar-refractivity contribution is 5.93. The summed E-state index contributed by atoms with van der Waals surface area (Å²) in [7, 11) is 0. The average molecular weight is 303 g/mol. The Morgan fingerprint density at radius 3 is 2.77 bits per heavy atom. The zero-order chi connectivity index (χ0) is 15.9. The van der Waals surface area contributed by atoms with Gasteiger partial charge < -0.3 is 15.5 Å². The molecule has 0 aromatic heterocycles. The molecule has 5 nitrogen and oxygen atoms in total.